The number of rotatable bonds is 7. The number of amides is 1. The second-order valence-electron chi connectivity index (χ2n) is 7.68. The summed E-state index contributed by atoms with van der Waals surface area (Å²) in [6.07, 6.45) is 0. The number of esters is 1. The van der Waals surface area contributed by atoms with E-state index in [1.807, 2.05) is 6.07 Å². The maximum absolute atomic E-state index is 14.2. The third-order valence-corrected chi connectivity index (χ3v) is 6.47. The fraction of sp³-hybridized carbons (Fsp3) is 0.231. The number of carbonyl (C=O) groups is 2. The van der Waals surface area contributed by atoms with Gasteiger partial charge >= 0.3 is 5.97 Å². The highest BCUT2D eigenvalue weighted by Crippen LogP contribution is 2.50. The second-order valence-corrected chi connectivity index (χ2v) is 8.52. The predicted molar refractivity (Wildman–Crippen MR) is 131 cm³/mol. The van der Waals surface area contributed by atoms with E-state index in [4.69, 9.17) is 37.4 Å². The zero-order valence-corrected chi connectivity index (χ0v) is 20.4. The number of nitrogens with zero attached hydrogens (tertiary/aromatic N) is 1. The van der Waals surface area contributed by atoms with Gasteiger partial charge in [0.25, 0.3) is 5.91 Å². The molecule has 0 aromatic heterocycles. The van der Waals surface area contributed by atoms with Crippen LogP contribution in [0.15, 0.2) is 60.7 Å². The molecule has 8 heteroatoms. The summed E-state index contributed by atoms with van der Waals surface area (Å²) in [7, 11) is 3.11. The Morgan fingerprint density at radius 2 is 1.74 bits per heavy atom. The molecule has 0 fully saturated rings. The molecule has 0 saturated heterocycles. The van der Waals surface area contributed by atoms with E-state index >= 15 is 0 Å². The first-order valence-electron chi connectivity index (χ1n) is 10.6. The Labute approximate surface area is 207 Å². The van der Waals surface area contributed by atoms with Gasteiger partial charge in [-0.3, -0.25) is 9.59 Å². The molecule has 34 heavy (non-hydrogen) atoms. The molecule has 0 N–H and O–H groups in total. The Kier molecular flexibility index (Phi) is 6.73. The summed E-state index contributed by atoms with van der Waals surface area (Å²) in [4.78, 5) is 29.4. The van der Waals surface area contributed by atoms with E-state index in [-0.39, 0.29) is 18.2 Å². The third kappa shape index (κ3) is 3.77. The SMILES string of the molecule is CCOC(=O)C1(c2ccccc2Cl)C(=O)N(Cc2ccc(OC)cc2OC)c2ccc(Cl)cc21. The molecule has 1 unspecified atom stereocenters. The van der Waals surface area contributed by atoms with Gasteiger partial charge in [-0.05, 0) is 43.3 Å². The van der Waals surface area contributed by atoms with Crippen LogP contribution in [0.4, 0.5) is 5.69 Å². The predicted octanol–water partition coefficient (Wildman–Crippen LogP) is 5.41. The lowest BCUT2D eigenvalue weighted by Gasteiger charge is -2.28. The quantitative estimate of drug-likeness (QED) is 0.321. The highest BCUT2D eigenvalue weighted by molar-refractivity contribution is 6.34. The molecule has 176 valence electrons. The largest absolute Gasteiger partial charge is 0.497 e. The van der Waals surface area contributed by atoms with Gasteiger partial charge in [0.2, 0.25) is 0 Å². The molecule has 0 aliphatic carbocycles. The van der Waals surface area contributed by atoms with Crippen molar-refractivity contribution < 1.29 is 23.8 Å². The van der Waals surface area contributed by atoms with Gasteiger partial charge in [0.05, 0.1) is 27.4 Å². The minimum Gasteiger partial charge on any atom is -0.497 e. The summed E-state index contributed by atoms with van der Waals surface area (Å²) in [6, 6.07) is 17.2. The number of ether oxygens (including phenoxy) is 3. The summed E-state index contributed by atoms with van der Waals surface area (Å²) in [5, 5.41) is 0.662. The molecule has 1 amide bonds. The summed E-state index contributed by atoms with van der Waals surface area (Å²) >= 11 is 12.9. The molecule has 6 nitrogen and oxygen atoms in total. The second kappa shape index (κ2) is 9.57. The average Bonchev–Trinajstić information content (AvgIpc) is 3.07. The van der Waals surface area contributed by atoms with Crippen molar-refractivity contribution >= 4 is 40.8 Å². The number of hydrogen-bond donors (Lipinski definition) is 0. The van der Waals surface area contributed by atoms with Crippen LogP contribution >= 0.6 is 23.2 Å². The Hall–Kier alpha value is -3.22. The van der Waals surface area contributed by atoms with Crippen LogP contribution in [0.5, 0.6) is 11.5 Å². The van der Waals surface area contributed by atoms with Crippen molar-refractivity contribution in [2.45, 2.75) is 18.9 Å². The van der Waals surface area contributed by atoms with E-state index in [0.29, 0.717) is 33.3 Å². The van der Waals surface area contributed by atoms with Crippen LogP contribution in [-0.2, 0) is 26.3 Å². The molecule has 0 spiro atoms. The van der Waals surface area contributed by atoms with Crippen molar-refractivity contribution in [1.29, 1.82) is 0 Å². The molecular formula is C26H23Cl2NO5. The van der Waals surface area contributed by atoms with Gasteiger partial charge in [0, 0.05) is 38.5 Å². The van der Waals surface area contributed by atoms with Gasteiger partial charge in [-0.1, -0.05) is 41.4 Å². The summed E-state index contributed by atoms with van der Waals surface area (Å²) < 4.78 is 16.3. The Bertz CT molecular complexity index is 1260. The Balaban J connectivity index is 1.94. The van der Waals surface area contributed by atoms with Gasteiger partial charge < -0.3 is 19.1 Å². The lowest BCUT2D eigenvalue weighted by Crippen LogP contribution is -2.48. The molecule has 0 radical (unpaired) electrons. The standard InChI is InChI=1S/C26H23Cl2NO5/c1-4-34-25(31)26(19-7-5-6-8-21(19)28)20-13-17(27)10-12-22(20)29(24(26)30)15-16-9-11-18(32-2)14-23(16)33-3/h5-14H,4,15H2,1-3H3. The topological polar surface area (TPSA) is 65.1 Å². The van der Waals surface area contributed by atoms with Crippen molar-refractivity contribution in [3.8, 4) is 11.5 Å². The third-order valence-electron chi connectivity index (χ3n) is 5.90. The minimum atomic E-state index is -1.80. The van der Waals surface area contributed by atoms with Crippen molar-refractivity contribution in [3.05, 3.63) is 87.4 Å². The average molecular weight is 500 g/mol. The lowest BCUT2D eigenvalue weighted by atomic mass is 9.75. The molecule has 1 aliphatic heterocycles. The fourth-order valence-electron chi connectivity index (χ4n) is 4.35. The molecule has 3 aromatic rings. The van der Waals surface area contributed by atoms with Crippen LogP contribution in [0.25, 0.3) is 0 Å². The van der Waals surface area contributed by atoms with Crippen molar-refractivity contribution in [1.82, 2.24) is 0 Å². The monoisotopic (exact) mass is 499 g/mol. The molecule has 1 heterocycles. The van der Waals surface area contributed by atoms with Crippen molar-refractivity contribution in [2.24, 2.45) is 0 Å². The number of halogens is 2. The number of anilines is 1. The minimum absolute atomic E-state index is 0.0977. The van der Waals surface area contributed by atoms with Crippen LogP contribution in [0.2, 0.25) is 10.0 Å². The summed E-state index contributed by atoms with van der Waals surface area (Å²) in [5.41, 5.74) is 0.238. The van der Waals surface area contributed by atoms with Crippen molar-refractivity contribution in [2.75, 3.05) is 25.7 Å². The molecule has 0 bridgehead atoms. The molecule has 0 saturated carbocycles. The number of fused-ring (bicyclic) bond motifs is 1. The van der Waals surface area contributed by atoms with Gasteiger partial charge in [-0.15, -0.1) is 0 Å². The zero-order chi connectivity index (χ0) is 24.5. The highest BCUT2D eigenvalue weighted by Gasteiger charge is 2.59. The highest BCUT2D eigenvalue weighted by atomic mass is 35.5. The van der Waals surface area contributed by atoms with E-state index in [1.165, 1.54) is 4.90 Å². The Morgan fingerprint density at radius 3 is 2.41 bits per heavy atom. The van der Waals surface area contributed by atoms with Crippen molar-refractivity contribution in [3.63, 3.8) is 0 Å². The van der Waals surface area contributed by atoms with E-state index < -0.39 is 17.3 Å². The maximum atomic E-state index is 14.2. The van der Waals surface area contributed by atoms with E-state index in [2.05, 4.69) is 0 Å². The van der Waals surface area contributed by atoms with Gasteiger partial charge in [0.15, 0.2) is 5.41 Å². The van der Waals surface area contributed by atoms with Crippen LogP contribution in [0.3, 0.4) is 0 Å². The first-order valence-corrected chi connectivity index (χ1v) is 11.4. The van der Waals surface area contributed by atoms with Crippen LogP contribution in [0, 0.1) is 0 Å². The zero-order valence-electron chi connectivity index (χ0n) is 18.9. The number of benzene rings is 3. The number of hydrogen-bond acceptors (Lipinski definition) is 5. The molecule has 4 rings (SSSR count). The molecule has 1 atom stereocenters. The Morgan fingerprint density at radius 1 is 0.971 bits per heavy atom. The fourth-order valence-corrected chi connectivity index (χ4v) is 4.80. The first-order chi connectivity index (χ1) is 16.4. The summed E-state index contributed by atoms with van der Waals surface area (Å²) in [5.74, 6) is -0.0125. The molecular weight excluding hydrogens is 477 g/mol. The number of methoxy groups -OCH3 is 2. The normalized spacial score (nSPS) is 16.9. The van der Waals surface area contributed by atoms with Crippen LogP contribution in [-0.4, -0.2) is 32.7 Å². The maximum Gasteiger partial charge on any atom is 0.330 e. The lowest BCUT2D eigenvalue weighted by molar-refractivity contribution is -0.151. The summed E-state index contributed by atoms with van der Waals surface area (Å²) in [6.45, 7) is 1.93. The smallest absolute Gasteiger partial charge is 0.330 e. The van der Waals surface area contributed by atoms with Gasteiger partial charge in [-0.25, -0.2) is 0 Å². The van der Waals surface area contributed by atoms with E-state index in [1.54, 1.807) is 75.7 Å². The molecule has 3 aromatic carbocycles. The van der Waals surface area contributed by atoms with Crippen LogP contribution in [0.1, 0.15) is 23.6 Å². The first kappa shape index (κ1) is 23.9. The van der Waals surface area contributed by atoms with Crippen LogP contribution < -0.4 is 14.4 Å². The number of carbonyl (C=O) groups excluding carboxylic acids is 2. The van der Waals surface area contributed by atoms with Gasteiger partial charge in [0.1, 0.15) is 11.5 Å². The van der Waals surface area contributed by atoms with Gasteiger partial charge in [-0.2, -0.15) is 0 Å². The molecule has 1 aliphatic rings. The van der Waals surface area contributed by atoms with E-state index in [0.717, 1.165) is 5.56 Å². The van der Waals surface area contributed by atoms with E-state index in [9.17, 15) is 9.59 Å².